The number of halogens is 1. The number of hydrogen-bond donors (Lipinski definition) is 0. The van der Waals surface area contributed by atoms with Crippen molar-refractivity contribution in [2.24, 2.45) is 17.8 Å². The molecule has 0 aromatic heterocycles. The number of amides is 2. The van der Waals surface area contributed by atoms with E-state index in [-0.39, 0.29) is 23.7 Å². The predicted octanol–water partition coefficient (Wildman–Crippen LogP) is 1.21. The van der Waals surface area contributed by atoms with Gasteiger partial charge >= 0.3 is 0 Å². The Balaban J connectivity index is 1.43. The highest BCUT2D eigenvalue weighted by atomic mass is 19.1. The third-order valence-electron chi connectivity index (χ3n) is 5.37. The van der Waals surface area contributed by atoms with Crippen LogP contribution in [-0.4, -0.2) is 53.5 Å². The normalized spacial score (nSPS) is 35.1. The largest absolute Gasteiger partial charge is 0.342 e. The molecular formula is C15H21FN2O2. The summed E-state index contributed by atoms with van der Waals surface area (Å²) in [5.41, 5.74) is -1.59. The Bertz CT molecular complexity index is 459. The van der Waals surface area contributed by atoms with Gasteiger partial charge in [-0.15, -0.1) is 0 Å². The Labute approximate surface area is 118 Å². The van der Waals surface area contributed by atoms with Crippen LogP contribution in [0.4, 0.5) is 4.39 Å². The second-order valence-corrected chi connectivity index (χ2v) is 7.06. The average Bonchev–Trinajstić information content (AvgIpc) is 3.34. The lowest BCUT2D eigenvalue weighted by molar-refractivity contribution is -0.140. The molecule has 20 heavy (non-hydrogen) atoms. The van der Waals surface area contributed by atoms with Gasteiger partial charge in [-0.3, -0.25) is 9.59 Å². The van der Waals surface area contributed by atoms with Crippen LogP contribution in [-0.2, 0) is 9.59 Å². The summed E-state index contributed by atoms with van der Waals surface area (Å²) in [7, 11) is 0. The van der Waals surface area contributed by atoms with Crippen LogP contribution in [0.3, 0.4) is 0 Å². The van der Waals surface area contributed by atoms with Gasteiger partial charge in [0.25, 0.3) is 5.91 Å². The first-order valence-corrected chi connectivity index (χ1v) is 7.84. The number of fused-ring (bicyclic) bond motifs is 1. The number of carbonyl (C=O) groups excluding carboxylic acids is 2. The van der Waals surface area contributed by atoms with E-state index in [9.17, 15) is 14.0 Å². The molecule has 0 aromatic rings. The molecule has 2 aliphatic carbocycles. The van der Waals surface area contributed by atoms with Crippen molar-refractivity contribution in [3.05, 3.63) is 0 Å². The molecule has 5 heteroatoms. The summed E-state index contributed by atoms with van der Waals surface area (Å²) in [4.78, 5) is 28.2. The number of piperidine rings is 1. The van der Waals surface area contributed by atoms with E-state index in [0.717, 1.165) is 19.5 Å². The topological polar surface area (TPSA) is 40.6 Å². The van der Waals surface area contributed by atoms with Crippen molar-refractivity contribution in [3.8, 4) is 0 Å². The maximum absolute atomic E-state index is 13.9. The third-order valence-corrected chi connectivity index (χ3v) is 5.37. The van der Waals surface area contributed by atoms with Gasteiger partial charge in [0.1, 0.15) is 0 Å². The molecule has 2 amide bonds. The predicted molar refractivity (Wildman–Crippen MR) is 70.6 cm³/mol. The van der Waals surface area contributed by atoms with Crippen LogP contribution in [0.5, 0.6) is 0 Å². The molecule has 0 spiro atoms. The fourth-order valence-electron chi connectivity index (χ4n) is 3.68. The first-order chi connectivity index (χ1) is 9.57. The smallest absolute Gasteiger partial charge is 0.260 e. The maximum Gasteiger partial charge on any atom is 0.260 e. The van der Waals surface area contributed by atoms with E-state index in [1.54, 1.807) is 4.90 Å². The van der Waals surface area contributed by atoms with E-state index >= 15 is 0 Å². The van der Waals surface area contributed by atoms with Crippen molar-refractivity contribution in [3.63, 3.8) is 0 Å². The van der Waals surface area contributed by atoms with Gasteiger partial charge in [0.2, 0.25) is 5.91 Å². The SMILES string of the molecule is O=C1C2CN(C(=O)C3(F)CC3)CC2CCN1CC1CC1. The van der Waals surface area contributed by atoms with E-state index in [1.807, 2.05) is 4.90 Å². The zero-order valence-corrected chi connectivity index (χ0v) is 11.7. The van der Waals surface area contributed by atoms with E-state index < -0.39 is 5.67 Å². The lowest BCUT2D eigenvalue weighted by Gasteiger charge is -2.33. The standard InChI is InChI=1S/C15H21FN2O2/c16-15(4-5-15)14(20)18-8-11-3-6-17(7-10-1-2-10)13(19)12(11)9-18/h10-12H,1-9H2. The molecule has 2 unspecified atom stereocenters. The van der Waals surface area contributed by atoms with Crippen LogP contribution in [0, 0.1) is 17.8 Å². The molecule has 0 N–H and O–H groups in total. The molecule has 4 rings (SSSR count). The van der Waals surface area contributed by atoms with Crippen LogP contribution in [0.15, 0.2) is 0 Å². The van der Waals surface area contributed by atoms with Crippen molar-refractivity contribution in [1.82, 2.24) is 9.80 Å². The molecule has 2 saturated carbocycles. The summed E-state index contributed by atoms with van der Waals surface area (Å²) in [6.45, 7) is 2.73. The minimum atomic E-state index is -1.59. The molecule has 110 valence electrons. The van der Waals surface area contributed by atoms with Crippen molar-refractivity contribution in [2.45, 2.75) is 37.8 Å². The molecule has 0 aromatic carbocycles. The zero-order valence-electron chi connectivity index (χ0n) is 11.7. The van der Waals surface area contributed by atoms with Crippen LogP contribution < -0.4 is 0 Å². The third kappa shape index (κ3) is 2.02. The van der Waals surface area contributed by atoms with Crippen LogP contribution in [0.1, 0.15) is 32.1 Å². The number of carbonyl (C=O) groups is 2. The summed E-state index contributed by atoms with van der Waals surface area (Å²) in [6, 6.07) is 0. The van der Waals surface area contributed by atoms with Crippen LogP contribution >= 0.6 is 0 Å². The lowest BCUT2D eigenvalue weighted by Crippen LogP contribution is -2.46. The maximum atomic E-state index is 13.9. The Morgan fingerprint density at radius 1 is 1.25 bits per heavy atom. The molecule has 0 radical (unpaired) electrons. The summed E-state index contributed by atoms with van der Waals surface area (Å²) in [6.07, 6.45) is 4.17. The summed E-state index contributed by atoms with van der Waals surface area (Å²) in [5.74, 6) is 0.717. The van der Waals surface area contributed by atoms with Gasteiger partial charge in [0, 0.05) is 26.2 Å². The Kier molecular flexibility index (Phi) is 2.63. The second kappa shape index (κ2) is 4.18. The molecule has 4 aliphatic rings. The van der Waals surface area contributed by atoms with Crippen molar-refractivity contribution in [2.75, 3.05) is 26.2 Å². The molecule has 2 heterocycles. The molecular weight excluding hydrogens is 259 g/mol. The van der Waals surface area contributed by atoms with Gasteiger partial charge in [-0.25, -0.2) is 4.39 Å². The molecule has 2 aliphatic heterocycles. The first kappa shape index (κ1) is 12.6. The molecule has 2 saturated heterocycles. The molecule has 0 bridgehead atoms. The Morgan fingerprint density at radius 2 is 2.00 bits per heavy atom. The molecule has 4 nitrogen and oxygen atoms in total. The van der Waals surface area contributed by atoms with Crippen LogP contribution in [0.25, 0.3) is 0 Å². The van der Waals surface area contributed by atoms with Crippen LogP contribution in [0.2, 0.25) is 0 Å². The van der Waals surface area contributed by atoms with E-state index in [4.69, 9.17) is 0 Å². The number of hydrogen-bond acceptors (Lipinski definition) is 2. The summed E-state index contributed by atoms with van der Waals surface area (Å²) in [5, 5.41) is 0. The highest BCUT2D eigenvalue weighted by Gasteiger charge is 2.55. The monoisotopic (exact) mass is 280 g/mol. The van der Waals surface area contributed by atoms with Gasteiger partial charge in [-0.2, -0.15) is 0 Å². The van der Waals surface area contributed by atoms with E-state index in [1.165, 1.54) is 12.8 Å². The fraction of sp³-hybridized carbons (Fsp3) is 0.867. The van der Waals surface area contributed by atoms with Crippen molar-refractivity contribution >= 4 is 11.8 Å². The summed E-state index contributed by atoms with van der Waals surface area (Å²) < 4.78 is 13.9. The summed E-state index contributed by atoms with van der Waals surface area (Å²) >= 11 is 0. The minimum Gasteiger partial charge on any atom is -0.342 e. The molecule has 2 atom stereocenters. The highest BCUT2D eigenvalue weighted by Crippen LogP contribution is 2.44. The highest BCUT2D eigenvalue weighted by molar-refractivity contribution is 5.89. The quantitative estimate of drug-likeness (QED) is 0.779. The number of likely N-dealkylation sites (tertiary alicyclic amines) is 2. The van der Waals surface area contributed by atoms with Gasteiger partial charge in [0.15, 0.2) is 5.67 Å². The van der Waals surface area contributed by atoms with Crippen molar-refractivity contribution in [1.29, 1.82) is 0 Å². The average molecular weight is 280 g/mol. The lowest BCUT2D eigenvalue weighted by atomic mass is 9.88. The number of nitrogens with zero attached hydrogens (tertiary/aromatic N) is 2. The number of alkyl halides is 1. The van der Waals surface area contributed by atoms with E-state index in [2.05, 4.69) is 0 Å². The van der Waals surface area contributed by atoms with E-state index in [0.29, 0.717) is 31.8 Å². The van der Waals surface area contributed by atoms with Gasteiger partial charge in [0.05, 0.1) is 5.92 Å². The minimum absolute atomic E-state index is 0.0752. The number of rotatable bonds is 3. The van der Waals surface area contributed by atoms with Gasteiger partial charge < -0.3 is 9.80 Å². The zero-order chi connectivity index (χ0) is 13.9. The Hall–Kier alpha value is -1.13. The second-order valence-electron chi connectivity index (χ2n) is 7.06. The fourth-order valence-corrected chi connectivity index (χ4v) is 3.68. The first-order valence-electron chi connectivity index (χ1n) is 7.84. The van der Waals surface area contributed by atoms with Gasteiger partial charge in [-0.1, -0.05) is 0 Å². The van der Waals surface area contributed by atoms with Crippen molar-refractivity contribution < 1.29 is 14.0 Å². The Morgan fingerprint density at radius 3 is 2.65 bits per heavy atom. The molecule has 4 fully saturated rings. The van der Waals surface area contributed by atoms with Gasteiger partial charge in [-0.05, 0) is 43.9 Å².